The zero-order valence-corrected chi connectivity index (χ0v) is 29.4. The maximum absolute atomic E-state index is 11.7. The van der Waals surface area contributed by atoms with Crippen LogP contribution in [0.2, 0.25) is 0 Å². The van der Waals surface area contributed by atoms with E-state index in [0.717, 1.165) is 54.4 Å². The minimum atomic E-state index is -0.120. The number of rotatable bonds is 9. The third-order valence-electron chi connectivity index (χ3n) is 8.95. The molecular formula is C38H47IrN2O2-. The molecule has 2 aromatic carbocycles. The van der Waals surface area contributed by atoms with Crippen molar-refractivity contribution in [1.82, 2.24) is 9.97 Å². The number of allylic oxidation sites excluding steroid dienone is 2. The topological polar surface area (TPSA) is 63.1 Å². The van der Waals surface area contributed by atoms with Crippen molar-refractivity contribution in [2.75, 3.05) is 0 Å². The fourth-order valence-electron chi connectivity index (χ4n) is 6.32. The number of aliphatic hydroxyl groups excluding tert-OH is 1. The maximum Gasteiger partial charge on any atom is 0.162 e. The van der Waals surface area contributed by atoms with Crippen molar-refractivity contribution in [3.05, 3.63) is 83.3 Å². The van der Waals surface area contributed by atoms with Gasteiger partial charge in [-0.05, 0) is 73.0 Å². The van der Waals surface area contributed by atoms with Gasteiger partial charge in [0.15, 0.2) is 5.78 Å². The van der Waals surface area contributed by atoms with E-state index in [-0.39, 0.29) is 48.9 Å². The number of carbonyl (C=O) groups excluding carboxylic acids is 1. The second-order valence-electron chi connectivity index (χ2n) is 12.6. The van der Waals surface area contributed by atoms with Gasteiger partial charge in [0, 0.05) is 48.9 Å². The molecule has 0 saturated carbocycles. The van der Waals surface area contributed by atoms with Gasteiger partial charge in [-0.2, -0.15) is 11.6 Å². The van der Waals surface area contributed by atoms with E-state index >= 15 is 0 Å². The number of carbonyl (C=O) groups is 1. The summed E-state index contributed by atoms with van der Waals surface area (Å²) in [5, 5.41) is 12.2. The maximum atomic E-state index is 11.7. The summed E-state index contributed by atoms with van der Waals surface area (Å²) in [4.78, 5) is 21.4. The SMILES string of the molecule is CC(C)Cc1cccc2nc3c(cc12)C(C)(C)c1cccc2nc[c-]c-3c12.CCC(CC)C(=O)/C=C(\O)C(CC)CC.[Ir]. The van der Waals surface area contributed by atoms with E-state index in [1.165, 1.54) is 33.5 Å². The Hall–Kier alpha value is -2.88. The van der Waals surface area contributed by atoms with E-state index in [0.29, 0.717) is 5.92 Å². The molecule has 1 radical (unpaired) electrons. The van der Waals surface area contributed by atoms with Gasteiger partial charge in [0.2, 0.25) is 0 Å². The summed E-state index contributed by atoms with van der Waals surface area (Å²) in [5.41, 5.74) is 8.10. The van der Waals surface area contributed by atoms with E-state index in [4.69, 9.17) is 4.98 Å². The van der Waals surface area contributed by atoms with E-state index in [9.17, 15) is 9.90 Å². The molecule has 0 unspecified atom stereocenters. The van der Waals surface area contributed by atoms with Gasteiger partial charge >= 0.3 is 0 Å². The first-order valence-electron chi connectivity index (χ1n) is 15.7. The van der Waals surface area contributed by atoms with Gasteiger partial charge in [0.05, 0.1) is 11.3 Å². The zero-order chi connectivity index (χ0) is 30.6. The van der Waals surface area contributed by atoms with Crippen LogP contribution in [0.5, 0.6) is 0 Å². The second kappa shape index (κ2) is 14.7. The largest absolute Gasteiger partial charge is 0.512 e. The Morgan fingerprint density at radius 1 is 0.930 bits per heavy atom. The van der Waals surface area contributed by atoms with Crippen LogP contribution < -0.4 is 0 Å². The van der Waals surface area contributed by atoms with Gasteiger partial charge in [-0.1, -0.05) is 102 Å². The van der Waals surface area contributed by atoms with Crippen LogP contribution in [0, 0.1) is 23.8 Å². The van der Waals surface area contributed by atoms with Gasteiger partial charge in [0.25, 0.3) is 0 Å². The van der Waals surface area contributed by atoms with E-state index in [1.807, 2.05) is 27.7 Å². The Morgan fingerprint density at radius 3 is 2.19 bits per heavy atom. The molecule has 2 aromatic heterocycles. The standard InChI is InChI=1S/C25H23N2.C13H24O2.Ir/c1-15(2)13-16-7-5-9-21-18(16)14-20-24(27-21)17-11-12-26-22-10-6-8-19(23(17)22)25(20,3)4;1-5-10(6-2)12(14)9-13(15)11(7-3)8-4;/h5-10,12,14-15H,13H2,1-4H3;9-11,14H,5-8H2,1-4H3;/q-1;;/b;12-9-;. The first-order valence-corrected chi connectivity index (χ1v) is 15.7. The fourth-order valence-corrected chi connectivity index (χ4v) is 6.32. The third-order valence-corrected chi connectivity index (χ3v) is 8.95. The van der Waals surface area contributed by atoms with Gasteiger partial charge in [0.1, 0.15) is 0 Å². The first-order chi connectivity index (χ1) is 20.1. The predicted molar refractivity (Wildman–Crippen MR) is 176 cm³/mol. The molecule has 43 heavy (non-hydrogen) atoms. The van der Waals surface area contributed by atoms with Crippen LogP contribution in [0.1, 0.15) is 97.8 Å². The second-order valence-corrected chi connectivity index (χ2v) is 12.6. The molecule has 0 atom stereocenters. The number of nitrogens with zero attached hydrogens (tertiary/aromatic N) is 2. The Labute approximate surface area is 271 Å². The molecule has 0 bridgehead atoms. The molecule has 5 heteroatoms. The van der Waals surface area contributed by atoms with Crippen LogP contribution in [0.25, 0.3) is 33.1 Å². The number of hydrogen-bond donors (Lipinski definition) is 1. The molecule has 4 aromatic rings. The Balaban J connectivity index is 0.000000274. The van der Waals surface area contributed by atoms with E-state index in [1.54, 1.807) is 6.20 Å². The third kappa shape index (κ3) is 7.10. The van der Waals surface area contributed by atoms with Crippen molar-refractivity contribution < 1.29 is 30.0 Å². The summed E-state index contributed by atoms with van der Waals surface area (Å²) in [6, 6.07) is 18.7. The average Bonchev–Trinajstić information content (AvgIpc) is 2.97. The number of fused-ring (bicyclic) bond motifs is 3. The van der Waals surface area contributed by atoms with E-state index in [2.05, 4.69) is 81.2 Å². The van der Waals surface area contributed by atoms with Crippen molar-refractivity contribution in [2.45, 2.75) is 92.9 Å². The molecular weight excluding hydrogens is 709 g/mol. The van der Waals surface area contributed by atoms with Crippen LogP contribution in [0.15, 0.2) is 60.5 Å². The zero-order valence-electron chi connectivity index (χ0n) is 27.0. The summed E-state index contributed by atoms with van der Waals surface area (Å²) in [6.07, 6.45) is 7.76. The number of benzene rings is 2. The molecule has 0 spiro atoms. The molecule has 0 saturated heterocycles. The number of aromatic nitrogens is 2. The molecule has 1 aliphatic rings. The fraction of sp³-hybridized carbons (Fsp3) is 0.447. The monoisotopic (exact) mass is 756 g/mol. The van der Waals surface area contributed by atoms with Crippen molar-refractivity contribution in [3.63, 3.8) is 0 Å². The number of hydrogen-bond acceptors (Lipinski definition) is 4. The summed E-state index contributed by atoms with van der Waals surface area (Å²) >= 11 is 0. The minimum Gasteiger partial charge on any atom is -0.512 e. The molecule has 4 nitrogen and oxygen atoms in total. The van der Waals surface area contributed by atoms with Crippen LogP contribution in [0.4, 0.5) is 0 Å². The first kappa shape index (κ1) is 34.6. The van der Waals surface area contributed by atoms with Crippen LogP contribution >= 0.6 is 0 Å². The quantitative estimate of drug-likeness (QED) is 0.105. The molecule has 0 fully saturated rings. The Kier molecular flexibility index (Phi) is 11.9. The van der Waals surface area contributed by atoms with Crippen LogP contribution in [0.3, 0.4) is 0 Å². The van der Waals surface area contributed by atoms with Crippen LogP contribution in [-0.4, -0.2) is 20.9 Å². The molecule has 0 aliphatic heterocycles. The summed E-state index contributed by atoms with van der Waals surface area (Å²) < 4.78 is 0. The molecule has 1 N–H and O–H groups in total. The average molecular weight is 756 g/mol. The van der Waals surface area contributed by atoms with E-state index < -0.39 is 0 Å². The van der Waals surface area contributed by atoms with Gasteiger partial charge in [-0.15, -0.1) is 0 Å². The normalized spacial score (nSPS) is 13.6. The smallest absolute Gasteiger partial charge is 0.162 e. The van der Waals surface area contributed by atoms with Crippen molar-refractivity contribution in [1.29, 1.82) is 0 Å². The van der Waals surface area contributed by atoms with Crippen molar-refractivity contribution >= 4 is 27.6 Å². The molecule has 231 valence electrons. The Morgan fingerprint density at radius 2 is 1.56 bits per heavy atom. The summed E-state index contributed by atoms with van der Waals surface area (Å²) in [7, 11) is 0. The molecule has 0 amide bonds. The van der Waals surface area contributed by atoms with Crippen molar-refractivity contribution in [3.8, 4) is 11.3 Å². The number of ketones is 1. The van der Waals surface area contributed by atoms with Gasteiger partial charge in [-0.25, -0.2) is 0 Å². The molecule has 5 rings (SSSR count). The van der Waals surface area contributed by atoms with Gasteiger partial charge in [-0.3, -0.25) is 9.78 Å². The molecule has 1 aliphatic carbocycles. The summed E-state index contributed by atoms with van der Waals surface area (Å²) in [6.45, 7) is 17.2. The minimum absolute atomic E-state index is 0. The van der Waals surface area contributed by atoms with Crippen LogP contribution in [-0.2, 0) is 36.7 Å². The predicted octanol–water partition coefficient (Wildman–Crippen LogP) is 9.96. The summed E-state index contributed by atoms with van der Waals surface area (Å²) in [5.74, 6) is 1.17. The number of aliphatic hydroxyl groups is 1. The van der Waals surface area contributed by atoms with Crippen molar-refractivity contribution in [2.24, 2.45) is 17.8 Å². The molecule has 2 heterocycles. The van der Waals surface area contributed by atoms with Gasteiger partial charge < -0.3 is 10.1 Å². The Bertz CT molecular complexity index is 1590. The number of pyridine rings is 2.